The third-order valence-electron chi connectivity index (χ3n) is 6.83. The second-order valence-corrected chi connectivity index (χ2v) is 11.0. The van der Waals surface area contributed by atoms with Crippen molar-refractivity contribution in [2.45, 2.75) is 88.1 Å². The minimum Gasteiger partial charge on any atom is -0.352 e. The molecule has 0 aromatic heterocycles. The van der Waals surface area contributed by atoms with Gasteiger partial charge in [-0.1, -0.05) is 32.1 Å². The number of nitrogens with one attached hydrogen (secondary N) is 1. The quantitative estimate of drug-likeness (QED) is 0.719. The first-order valence-corrected chi connectivity index (χ1v) is 13.0. The molecule has 2 fully saturated rings. The Balaban J connectivity index is 1.55. The normalized spacial score (nSPS) is 23.3. The number of hydrogen-bond donors (Lipinski definition) is 1. The number of sulfonamides is 1. The third kappa shape index (κ3) is 4.65. The summed E-state index contributed by atoms with van der Waals surface area (Å²) in [6.07, 6.45) is 9.75. The van der Waals surface area contributed by atoms with Gasteiger partial charge < -0.3 is 5.32 Å². The van der Waals surface area contributed by atoms with Gasteiger partial charge in [-0.3, -0.25) is 14.5 Å². The zero-order valence-corrected chi connectivity index (χ0v) is 19.1. The van der Waals surface area contributed by atoms with Gasteiger partial charge in [0.1, 0.15) is 6.04 Å². The third-order valence-corrected chi connectivity index (χ3v) is 8.73. The van der Waals surface area contributed by atoms with Gasteiger partial charge in [-0.25, -0.2) is 8.42 Å². The van der Waals surface area contributed by atoms with E-state index in [1.807, 2.05) is 0 Å². The van der Waals surface area contributed by atoms with Gasteiger partial charge in [0.25, 0.3) is 0 Å². The van der Waals surface area contributed by atoms with Gasteiger partial charge in [0.15, 0.2) is 0 Å². The SMILES string of the molecule is CC(=O)N1c2ccc(S(=O)(=O)N3CCCCC3)cc2CC1C(=O)NC1CCCCCC1. The topological polar surface area (TPSA) is 86.8 Å². The molecule has 31 heavy (non-hydrogen) atoms. The Morgan fingerprint density at radius 3 is 2.26 bits per heavy atom. The van der Waals surface area contributed by atoms with Crippen molar-refractivity contribution >= 4 is 27.5 Å². The van der Waals surface area contributed by atoms with Gasteiger partial charge in [-0.2, -0.15) is 4.31 Å². The highest BCUT2D eigenvalue weighted by Crippen LogP contribution is 2.35. The van der Waals surface area contributed by atoms with E-state index in [1.165, 1.54) is 24.7 Å². The fraction of sp³-hybridized carbons (Fsp3) is 0.652. The monoisotopic (exact) mass is 447 g/mol. The van der Waals surface area contributed by atoms with E-state index >= 15 is 0 Å². The van der Waals surface area contributed by atoms with Crippen molar-refractivity contribution in [2.24, 2.45) is 0 Å². The van der Waals surface area contributed by atoms with E-state index in [0.29, 0.717) is 25.2 Å². The number of amides is 2. The fourth-order valence-electron chi connectivity index (χ4n) is 5.16. The fourth-order valence-corrected chi connectivity index (χ4v) is 6.73. The molecular formula is C23H33N3O4S. The summed E-state index contributed by atoms with van der Waals surface area (Å²) in [7, 11) is -3.56. The summed E-state index contributed by atoms with van der Waals surface area (Å²) in [6, 6.07) is 4.46. The van der Waals surface area contributed by atoms with Crippen molar-refractivity contribution in [1.29, 1.82) is 0 Å². The summed E-state index contributed by atoms with van der Waals surface area (Å²) in [6.45, 7) is 2.55. The molecule has 1 aromatic carbocycles. The predicted molar refractivity (Wildman–Crippen MR) is 119 cm³/mol. The first-order chi connectivity index (χ1) is 14.9. The minimum atomic E-state index is -3.56. The summed E-state index contributed by atoms with van der Waals surface area (Å²) < 4.78 is 27.7. The lowest BCUT2D eigenvalue weighted by molar-refractivity contribution is -0.126. The van der Waals surface area contributed by atoms with E-state index in [4.69, 9.17) is 0 Å². The van der Waals surface area contributed by atoms with Crippen LogP contribution >= 0.6 is 0 Å². The number of fused-ring (bicyclic) bond motifs is 1. The molecule has 0 spiro atoms. The minimum absolute atomic E-state index is 0.140. The highest BCUT2D eigenvalue weighted by molar-refractivity contribution is 7.89. The number of carbonyl (C=O) groups is 2. The molecule has 170 valence electrons. The largest absolute Gasteiger partial charge is 0.352 e. The lowest BCUT2D eigenvalue weighted by atomic mass is 10.1. The van der Waals surface area contributed by atoms with Crippen LogP contribution in [-0.4, -0.2) is 49.7 Å². The molecule has 0 bridgehead atoms. The summed E-state index contributed by atoms with van der Waals surface area (Å²) in [5, 5.41) is 3.16. The number of rotatable bonds is 4. The van der Waals surface area contributed by atoms with Gasteiger partial charge in [0.2, 0.25) is 21.8 Å². The van der Waals surface area contributed by atoms with Crippen molar-refractivity contribution in [2.75, 3.05) is 18.0 Å². The maximum Gasteiger partial charge on any atom is 0.243 e. The van der Waals surface area contributed by atoms with Crippen LogP contribution in [0.4, 0.5) is 5.69 Å². The van der Waals surface area contributed by atoms with Crippen LogP contribution in [0.3, 0.4) is 0 Å². The molecule has 3 aliphatic rings. The van der Waals surface area contributed by atoms with Crippen LogP contribution in [-0.2, 0) is 26.0 Å². The predicted octanol–water partition coefficient (Wildman–Crippen LogP) is 2.98. The molecule has 1 unspecified atom stereocenters. The van der Waals surface area contributed by atoms with E-state index in [-0.39, 0.29) is 22.8 Å². The van der Waals surface area contributed by atoms with Crippen molar-refractivity contribution in [3.8, 4) is 0 Å². The van der Waals surface area contributed by atoms with E-state index in [1.54, 1.807) is 22.5 Å². The molecule has 1 aliphatic carbocycles. The smallest absolute Gasteiger partial charge is 0.243 e. The lowest BCUT2D eigenvalue weighted by Gasteiger charge is -2.26. The Labute approximate surface area is 185 Å². The second kappa shape index (κ2) is 9.28. The Morgan fingerprint density at radius 2 is 1.61 bits per heavy atom. The molecule has 2 amide bonds. The van der Waals surface area contributed by atoms with Crippen LogP contribution < -0.4 is 10.2 Å². The first kappa shape index (κ1) is 22.3. The summed E-state index contributed by atoms with van der Waals surface area (Å²) in [5.74, 6) is -0.342. The average molecular weight is 448 g/mol. The van der Waals surface area contributed by atoms with E-state index in [0.717, 1.165) is 50.5 Å². The van der Waals surface area contributed by atoms with Gasteiger partial charge >= 0.3 is 0 Å². The van der Waals surface area contributed by atoms with Crippen LogP contribution in [0.15, 0.2) is 23.1 Å². The number of piperidine rings is 1. The molecule has 4 rings (SSSR count). The molecule has 1 saturated heterocycles. The Kier molecular flexibility index (Phi) is 6.67. The van der Waals surface area contributed by atoms with Crippen LogP contribution in [0.25, 0.3) is 0 Å². The summed E-state index contributed by atoms with van der Waals surface area (Å²) in [5.41, 5.74) is 1.39. The van der Waals surface area contributed by atoms with E-state index < -0.39 is 16.1 Å². The molecule has 1 atom stereocenters. The molecule has 8 heteroatoms. The number of nitrogens with zero attached hydrogens (tertiary/aromatic N) is 2. The molecule has 0 radical (unpaired) electrons. The summed E-state index contributed by atoms with van der Waals surface area (Å²) in [4.78, 5) is 27.3. The van der Waals surface area contributed by atoms with Gasteiger partial charge in [0.05, 0.1) is 4.90 Å². The maximum absolute atomic E-state index is 13.1. The highest BCUT2D eigenvalue weighted by atomic mass is 32.2. The molecule has 1 saturated carbocycles. The highest BCUT2D eigenvalue weighted by Gasteiger charge is 2.38. The van der Waals surface area contributed by atoms with Crippen molar-refractivity contribution in [3.05, 3.63) is 23.8 Å². The standard InChI is InChI=1S/C23H33N3O4S/c1-17(27)26-21-12-11-20(31(29,30)25-13-7-4-8-14-25)15-18(21)16-22(26)23(28)24-19-9-5-2-3-6-10-19/h11-12,15,19,22H,2-10,13-14,16H2,1H3,(H,24,28). The zero-order chi connectivity index (χ0) is 22.0. The number of benzene rings is 1. The van der Waals surface area contributed by atoms with Crippen LogP contribution in [0.1, 0.15) is 70.3 Å². The molecule has 1 N–H and O–H groups in total. The number of anilines is 1. The number of hydrogen-bond acceptors (Lipinski definition) is 4. The van der Waals surface area contributed by atoms with Crippen LogP contribution in [0.2, 0.25) is 0 Å². The molecule has 7 nitrogen and oxygen atoms in total. The number of carbonyl (C=O) groups excluding carboxylic acids is 2. The van der Waals surface area contributed by atoms with Crippen LogP contribution in [0.5, 0.6) is 0 Å². The first-order valence-electron chi connectivity index (χ1n) is 11.6. The van der Waals surface area contributed by atoms with Crippen molar-refractivity contribution in [3.63, 3.8) is 0 Å². The van der Waals surface area contributed by atoms with Crippen molar-refractivity contribution in [1.82, 2.24) is 9.62 Å². The van der Waals surface area contributed by atoms with Gasteiger partial charge in [0, 0.05) is 38.2 Å². The van der Waals surface area contributed by atoms with E-state index in [2.05, 4.69) is 5.32 Å². The molecule has 1 aromatic rings. The Bertz CT molecular complexity index is 932. The molecule has 2 aliphatic heterocycles. The molecule has 2 heterocycles. The van der Waals surface area contributed by atoms with Crippen LogP contribution in [0, 0.1) is 0 Å². The average Bonchev–Trinajstić information content (AvgIpc) is 2.97. The Morgan fingerprint density at radius 1 is 0.968 bits per heavy atom. The zero-order valence-electron chi connectivity index (χ0n) is 18.3. The Hall–Kier alpha value is -1.93. The summed E-state index contributed by atoms with van der Waals surface area (Å²) >= 11 is 0. The molecular weight excluding hydrogens is 414 g/mol. The van der Waals surface area contributed by atoms with Gasteiger partial charge in [-0.15, -0.1) is 0 Å². The second-order valence-electron chi connectivity index (χ2n) is 9.06. The van der Waals surface area contributed by atoms with E-state index in [9.17, 15) is 18.0 Å². The van der Waals surface area contributed by atoms with Gasteiger partial charge in [-0.05, 0) is 49.4 Å². The lowest BCUT2D eigenvalue weighted by Crippen LogP contribution is -2.50. The van der Waals surface area contributed by atoms with Crippen molar-refractivity contribution < 1.29 is 18.0 Å². The maximum atomic E-state index is 13.1.